The minimum atomic E-state index is -4.03. The van der Waals surface area contributed by atoms with Gasteiger partial charge < -0.3 is 10.2 Å². The molecule has 6 nitrogen and oxygen atoms in total. The molecule has 2 aromatic rings. The second kappa shape index (κ2) is 9.61. The SMILES string of the molecule is CCN(CC)c1ccc(NC(=O)CCNS(=O)(=O)c2ccc(F)c(F)c2)cc1. The van der Waals surface area contributed by atoms with Gasteiger partial charge in [-0.2, -0.15) is 0 Å². The van der Waals surface area contributed by atoms with Crippen LogP contribution >= 0.6 is 0 Å². The molecule has 0 heterocycles. The maximum absolute atomic E-state index is 13.2. The Morgan fingerprint density at radius 1 is 1.00 bits per heavy atom. The highest BCUT2D eigenvalue weighted by Gasteiger charge is 2.16. The Labute approximate surface area is 163 Å². The lowest BCUT2D eigenvalue weighted by molar-refractivity contribution is -0.116. The van der Waals surface area contributed by atoms with Crippen LogP contribution in [0.15, 0.2) is 47.4 Å². The monoisotopic (exact) mass is 411 g/mol. The van der Waals surface area contributed by atoms with E-state index in [9.17, 15) is 22.0 Å². The highest BCUT2D eigenvalue weighted by atomic mass is 32.2. The minimum absolute atomic E-state index is 0.110. The molecule has 0 radical (unpaired) electrons. The van der Waals surface area contributed by atoms with E-state index in [-0.39, 0.29) is 18.9 Å². The third-order valence-electron chi connectivity index (χ3n) is 4.13. The van der Waals surface area contributed by atoms with Crippen LogP contribution in [0.1, 0.15) is 20.3 Å². The van der Waals surface area contributed by atoms with E-state index in [2.05, 4.69) is 28.8 Å². The van der Waals surface area contributed by atoms with Crippen molar-refractivity contribution in [3.05, 3.63) is 54.1 Å². The van der Waals surface area contributed by atoms with Crippen molar-refractivity contribution in [1.82, 2.24) is 4.72 Å². The summed E-state index contributed by atoms with van der Waals surface area (Å²) >= 11 is 0. The van der Waals surface area contributed by atoms with Gasteiger partial charge in [0.1, 0.15) is 0 Å². The second-order valence-corrected chi connectivity index (χ2v) is 7.76. The number of amides is 1. The Kier molecular flexibility index (Phi) is 7.47. The van der Waals surface area contributed by atoms with Gasteiger partial charge in [-0.3, -0.25) is 4.79 Å². The van der Waals surface area contributed by atoms with Gasteiger partial charge in [-0.25, -0.2) is 21.9 Å². The molecule has 2 aromatic carbocycles. The molecule has 0 unspecified atom stereocenters. The van der Waals surface area contributed by atoms with Crippen molar-refractivity contribution < 1.29 is 22.0 Å². The summed E-state index contributed by atoms with van der Waals surface area (Å²) in [4.78, 5) is 13.8. The smallest absolute Gasteiger partial charge is 0.240 e. The van der Waals surface area contributed by atoms with Crippen LogP contribution in [-0.4, -0.2) is 34.0 Å². The molecule has 0 saturated carbocycles. The fourth-order valence-electron chi connectivity index (χ4n) is 2.59. The Morgan fingerprint density at radius 2 is 1.64 bits per heavy atom. The van der Waals surface area contributed by atoms with Crippen LogP contribution in [0.2, 0.25) is 0 Å². The lowest BCUT2D eigenvalue weighted by Gasteiger charge is -2.21. The van der Waals surface area contributed by atoms with Gasteiger partial charge in [0.05, 0.1) is 4.90 Å². The lowest BCUT2D eigenvalue weighted by Crippen LogP contribution is -2.28. The number of hydrogen-bond donors (Lipinski definition) is 2. The summed E-state index contributed by atoms with van der Waals surface area (Å²) in [5, 5.41) is 2.68. The van der Waals surface area contributed by atoms with Crippen molar-refractivity contribution in [3.63, 3.8) is 0 Å². The van der Waals surface area contributed by atoms with E-state index in [1.807, 2.05) is 12.1 Å². The Morgan fingerprint density at radius 3 is 2.21 bits per heavy atom. The molecule has 2 rings (SSSR count). The van der Waals surface area contributed by atoms with Crippen LogP contribution in [0, 0.1) is 11.6 Å². The van der Waals surface area contributed by atoms with E-state index in [0.29, 0.717) is 11.8 Å². The van der Waals surface area contributed by atoms with E-state index in [0.717, 1.165) is 30.9 Å². The van der Waals surface area contributed by atoms with Crippen molar-refractivity contribution in [3.8, 4) is 0 Å². The highest BCUT2D eigenvalue weighted by molar-refractivity contribution is 7.89. The van der Waals surface area contributed by atoms with Gasteiger partial charge in [0.15, 0.2) is 11.6 Å². The molecule has 1 amide bonds. The van der Waals surface area contributed by atoms with Gasteiger partial charge in [0.25, 0.3) is 0 Å². The Bertz CT molecular complexity index is 915. The van der Waals surface area contributed by atoms with E-state index < -0.39 is 26.6 Å². The number of anilines is 2. The zero-order valence-electron chi connectivity index (χ0n) is 15.7. The first-order valence-electron chi connectivity index (χ1n) is 8.86. The van der Waals surface area contributed by atoms with Gasteiger partial charge >= 0.3 is 0 Å². The molecule has 2 N–H and O–H groups in total. The van der Waals surface area contributed by atoms with Gasteiger partial charge in [-0.05, 0) is 56.3 Å². The van der Waals surface area contributed by atoms with Crippen molar-refractivity contribution in [2.45, 2.75) is 25.2 Å². The first-order valence-corrected chi connectivity index (χ1v) is 10.3. The standard InChI is InChI=1S/C19H23F2N3O3S/c1-3-24(4-2)15-7-5-14(6-8-15)23-19(25)11-12-22-28(26,27)16-9-10-17(20)18(21)13-16/h5-10,13,22H,3-4,11-12H2,1-2H3,(H,23,25). The number of nitrogens with one attached hydrogen (secondary N) is 2. The van der Waals surface area contributed by atoms with Crippen LogP contribution in [0.25, 0.3) is 0 Å². The van der Waals surface area contributed by atoms with Crippen molar-refractivity contribution in [2.75, 3.05) is 29.9 Å². The molecular weight excluding hydrogens is 388 g/mol. The minimum Gasteiger partial charge on any atom is -0.372 e. The van der Waals surface area contributed by atoms with Crippen molar-refractivity contribution >= 4 is 27.3 Å². The van der Waals surface area contributed by atoms with Crippen molar-refractivity contribution in [1.29, 1.82) is 0 Å². The molecule has 0 bridgehead atoms. The third kappa shape index (κ3) is 5.74. The third-order valence-corrected chi connectivity index (χ3v) is 5.58. The predicted octanol–water partition coefficient (Wildman–Crippen LogP) is 3.12. The number of sulfonamides is 1. The Hall–Kier alpha value is -2.52. The molecule has 0 aliphatic rings. The summed E-state index contributed by atoms with van der Waals surface area (Å²) in [6.45, 7) is 5.69. The van der Waals surface area contributed by atoms with Gasteiger partial charge in [-0.15, -0.1) is 0 Å². The molecule has 0 fully saturated rings. The average Bonchev–Trinajstić information content (AvgIpc) is 2.66. The predicted molar refractivity (Wildman–Crippen MR) is 105 cm³/mol. The fraction of sp³-hybridized carbons (Fsp3) is 0.316. The fourth-order valence-corrected chi connectivity index (χ4v) is 3.64. The topological polar surface area (TPSA) is 78.5 Å². The summed E-state index contributed by atoms with van der Waals surface area (Å²) < 4.78 is 52.4. The van der Waals surface area contributed by atoms with Crippen LogP contribution in [-0.2, 0) is 14.8 Å². The summed E-state index contributed by atoms with van der Waals surface area (Å²) in [7, 11) is -4.03. The number of halogens is 2. The first-order chi connectivity index (χ1) is 13.3. The summed E-state index contributed by atoms with van der Waals surface area (Å²) in [5.74, 6) is -2.76. The molecule has 9 heteroatoms. The molecule has 0 aromatic heterocycles. The lowest BCUT2D eigenvalue weighted by atomic mass is 10.2. The summed E-state index contributed by atoms with van der Waals surface area (Å²) in [6, 6.07) is 9.63. The van der Waals surface area contributed by atoms with Gasteiger partial charge in [-0.1, -0.05) is 0 Å². The van der Waals surface area contributed by atoms with Crippen LogP contribution in [0.5, 0.6) is 0 Å². The van der Waals surface area contributed by atoms with Crippen LogP contribution in [0.4, 0.5) is 20.2 Å². The Balaban J connectivity index is 1.87. The molecule has 0 saturated heterocycles. The highest BCUT2D eigenvalue weighted by Crippen LogP contribution is 2.18. The number of carbonyl (C=O) groups excluding carboxylic acids is 1. The van der Waals surface area contributed by atoms with E-state index in [1.54, 1.807) is 12.1 Å². The second-order valence-electron chi connectivity index (χ2n) is 5.99. The zero-order valence-corrected chi connectivity index (χ0v) is 16.5. The number of carbonyl (C=O) groups is 1. The zero-order chi connectivity index (χ0) is 20.7. The number of nitrogens with zero attached hydrogens (tertiary/aromatic N) is 1. The average molecular weight is 411 g/mol. The van der Waals surface area contributed by atoms with Crippen LogP contribution < -0.4 is 14.9 Å². The first kappa shape index (κ1) is 21.8. The maximum atomic E-state index is 13.2. The molecule has 28 heavy (non-hydrogen) atoms. The summed E-state index contributed by atoms with van der Waals surface area (Å²) in [6.07, 6.45) is -0.110. The number of rotatable bonds is 9. The number of hydrogen-bond acceptors (Lipinski definition) is 4. The summed E-state index contributed by atoms with van der Waals surface area (Å²) in [5.41, 5.74) is 1.65. The van der Waals surface area contributed by atoms with Gasteiger partial charge in [0.2, 0.25) is 15.9 Å². The van der Waals surface area contributed by atoms with Crippen molar-refractivity contribution in [2.24, 2.45) is 0 Å². The van der Waals surface area contributed by atoms with E-state index >= 15 is 0 Å². The number of benzene rings is 2. The molecule has 0 aliphatic carbocycles. The van der Waals surface area contributed by atoms with E-state index in [1.165, 1.54) is 0 Å². The molecule has 0 atom stereocenters. The molecule has 152 valence electrons. The quantitative estimate of drug-likeness (QED) is 0.665. The molecule has 0 aliphatic heterocycles. The molecule has 0 spiro atoms. The molecular formula is C19H23F2N3O3S. The van der Waals surface area contributed by atoms with Crippen LogP contribution in [0.3, 0.4) is 0 Å². The van der Waals surface area contributed by atoms with Gasteiger partial charge in [0, 0.05) is 37.4 Å². The largest absolute Gasteiger partial charge is 0.372 e. The van der Waals surface area contributed by atoms with E-state index in [4.69, 9.17) is 0 Å². The normalized spacial score (nSPS) is 11.3. The maximum Gasteiger partial charge on any atom is 0.240 e.